The van der Waals surface area contributed by atoms with Crippen LogP contribution in [0.5, 0.6) is 0 Å². The van der Waals surface area contributed by atoms with Gasteiger partial charge in [-0.15, -0.1) is 0 Å². The van der Waals surface area contributed by atoms with Crippen LogP contribution < -0.4 is 10.0 Å². The number of primary sulfonamides is 1. The van der Waals surface area contributed by atoms with E-state index in [1.54, 1.807) is 4.90 Å². The molecular formula is C11H15F3N4O2S. The van der Waals surface area contributed by atoms with Crippen molar-refractivity contribution in [3.05, 3.63) is 18.0 Å². The van der Waals surface area contributed by atoms with E-state index < -0.39 is 21.8 Å². The summed E-state index contributed by atoms with van der Waals surface area (Å²) in [6.07, 6.45) is -1.79. The first-order valence-electron chi connectivity index (χ1n) is 6.30. The number of piperidine rings is 1. The molecule has 0 aromatic carbocycles. The highest BCUT2D eigenvalue weighted by Crippen LogP contribution is 2.29. The van der Waals surface area contributed by atoms with Gasteiger partial charge in [0.05, 0.1) is 11.3 Å². The molecule has 0 spiro atoms. The summed E-state index contributed by atoms with van der Waals surface area (Å²) in [5.74, 6) is 0.108. The highest BCUT2D eigenvalue weighted by molar-refractivity contribution is 7.89. The van der Waals surface area contributed by atoms with Crippen LogP contribution in [0, 0.1) is 5.92 Å². The molecule has 0 atom stereocenters. The van der Waals surface area contributed by atoms with Gasteiger partial charge >= 0.3 is 6.18 Å². The molecule has 0 radical (unpaired) electrons. The molecule has 21 heavy (non-hydrogen) atoms. The fourth-order valence-electron chi connectivity index (χ4n) is 2.26. The van der Waals surface area contributed by atoms with Crippen LogP contribution in [0.4, 0.5) is 19.1 Å². The van der Waals surface area contributed by atoms with Crippen LogP contribution >= 0.6 is 0 Å². The van der Waals surface area contributed by atoms with Gasteiger partial charge in [0, 0.05) is 25.5 Å². The Labute approximate surface area is 120 Å². The van der Waals surface area contributed by atoms with Gasteiger partial charge < -0.3 is 4.90 Å². The van der Waals surface area contributed by atoms with Gasteiger partial charge in [-0.25, -0.2) is 23.5 Å². The Morgan fingerprint density at radius 2 is 1.76 bits per heavy atom. The van der Waals surface area contributed by atoms with Crippen molar-refractivity contribution in [3.8, 4) is 0 Å². The second kappa shape index (κ2) is 5.76. The number of halogens is 3. The number of nitrogens with zero attached hydrogens (tertiary/aromatic N) is 3. The summed E-state index contributed by atoms with van der Waals surface area (Å²) in [7, 11) is -3.50. The van der Waals surface area contributed by atoms with E-state index in [4.69, 9.17) is 5.14 Å². The number of alkyl halides is 3. The second-order valence-corrected chi connectivity index (χ2v) is 6.69. The maximum Gasteiger partial charge on any atom is 0.419 e. The van der Waals surface area contributed by atoms with Crippen LogP contribution in [0.1, 0.15) is 18.4 Å². The molecule has 0 bridgehead atoms. The van der Waals surface area contributed by atoms with Gasteiger partial charge in [-0.05, 0) is 18.8 Å². The normalized spacial score (nSPS) is 18.0. The molecule has 1 aromatic heterocycles. The minimum Gasteiger partial charge on any atom is -0.341 e. The smallest absolute Gasteiger partial charge is 0.341 e. The fraction of sp³-hybridized carbons (Fsp3) is 0.636. The summed E-state index contributed by atoms with van der Waals surface area (Å²) in [6.45, 7) is 0.983. The van der Waals surface area contributed by atoms with Crippen molar-refractivity contribution in [2.24, 2.45) is 11.1 Å². The average molecular weight is 324 g/mol. The first-order chi connectivity index (χ1) is 9.65. The molecule has 1 aliphatic rings. The van der Waals surface area contributed by atoms with Crippen LogP contribution in [-0.4, -0.2) is 37.2 Å². The molecule has 10 heteroatoms. The molecule has 1 saturated heterocycles. The maximum absolute atomic E-state index is 12.4. The lowest BCUT2D eigenvalue weighted by Gasteiger charge is -2.31. The molecule has 118 valence electrons. The number of hydrogen-bond acceptors (Lipinski definition) is 5. The van der Waals surface area contributed by atoms with E-state index in [-0.39, 0.29) is 17.6 Å². The minimum atomic E-state index is -4.46. The van der Waals surface area contributed by atoms with Gasteiger partial charge in [0.15, 0.2) is 0 Å². The predicted molar refractivity (Wildman–Crippen MR) is 69.9 cm³/mol. The van der Waals surface area contributed by atoms with Crippen LogP contribution in [0.3, 0.4) is 0 Å². The quantitative estimate of drug-likeness (QED) is 0.896. The highest BCUT2D eigenvalue weighted by Gasteiger charge is 2.32. The summed E-state index contributed by atoms with van der Waals surface area (Å²) in [4.78, 5) is 9.18. The van der Waals surface area contributed by atoms with Crippen molar-refractivity contribution in [1.82, 2.24) is 9.97 Å². The maximum atomic E-state index is 12.4. The summed E-state index contributed by atoms with van der Waals surface area (Å²) in [5.41, 5.74) is -0.893. The van der Waals surface area contributed by atoms with Crippen molar-refractivity contribution in [2.45, 2.75) is 19.0 Å². The van der Waals surface area contributed by atoms with Gasteiger partial charge in [-0.3, -0.25) is 0 Å². The molecular weight excluding hydrogens is 309 g/mol. The first kappa shape index (κ1) is 16.0. The first-order valence-corrected chi connectivity index (χ1v) is 8.01. The van der Waals surface area contributed by atoms with Crippen molar-refractivity contribution in [3.63, 3.8) is 0 Å². The molecule has 1 fully saturated rings. The Hall–Kier alpha value is -1.42. The van der Waals surface area contributed by atoms with E-state index in [2.05, 4.69) is 9.97 Å². The van der Waals surface area contributed by atoms with E-state index >= 15 is 0 Å². The van der Waals surface area contributed by atoms with E-state index in [1.807, 2.05) is 0 Å². The van der Waals surface area contributed by atoms with E-state index in [0.29, 0.717) is 25.9 Å². The Balaban J connectivity index is 1.96. The number of rotatable bonds is 3. The van der Waals surface area contributed by atoms with Crippen molar-refractivity contribution >= 4 is 16.0 Å². The number of nitrogens with two attached hydrogens (primary N) is 1. The molecule has 1 aromatic rings. The molecule has 0 amide bonds. The minimum absolute atomic E-state index is 0.0364. The SMILES string of the molecule is NS(=O)(=O)CC1CCN(c2ncc(C(F)(F)F)cn2)CC1. The number of sulfonamides is 1. The zero-order valence-electron chi connectivity index (χ0n) is 11.0. The molecule has 2 rings (SSSR count). The van der Waals surface area contributed by atoms with Crippen LogP contribution in [0.15, 0.2) is 12.4 Å². The second-order valence-electron chi connectivity index (χ2n) is 5.03. The molecule has 6 nitrogen and oxygen atoms in total. The summed E-state index contributed by atoms with van der Waals surface area (Å²) in [5, 5.41) is 5.00. The monoisotopic (exact) mass is 324 g/mol. The fourth-order valence-corrected chi connectivity index (χ4v) is 3.25. The lowest BCUT2D eigenvalue weighted by Crippen LogP contribution is -2.37. The van der Waals surface area contributed by atoms with Gasteiger partial charge in [-0.2, -0.15) is 13.2 Å². The third-order valence-electron chi connectivity index (χ3n) is 3.33. The molecule has 0 aliphatic carbocycles. The largest absolute Gasteiger partial charge is 0.419 e. The lowest BCUT2D eigenvalue weighted by atomic mass is 9.99. The summed E-state index contributed by atoms with van der Waals surface area (Å²) >= 11 is 0. The van der Waals surface area contributed by atoms with Gasteiger partial charge in [0.1, 0.15) is 0 Å². The molecule has 0 saturated carbocycles. The number of anilines is 1. The highest BCUT2D eigenvalue weighted by atomic mass is 32.2. The van der Waals surface area contributed by atoms with Crippen LogP contribution in [0.25, 0.3) is 0 Å². The van der Waals surface area contributed by atoms with Crippen LogP contribution in [0.2, 0.25) is 0 Å². The average Bonchev–Trinajstić information content (AvgIpc) is 2.37. The zero-order chi connectivity index (χ0) is 15.7. The summed E-state index contributed by atoms with van der Waals surface area (Å²) in [6, 6.07) is 0. The van der Waals surface area contributed by atoms with Crippen molar-refractivity contribution in [1.29, 1.82) is 0 Å². The summed E-state index contributed by atoms with van der Waals surface area (Å²) < 4.78 is 59.3. The number of hydrogen-bond donors (Lipinski definition) is 1. The van der Waals surface area contributed by atoms with E-state index in [1.165, 1.54) is 0 Å². The molecule has 0 unspecified atom stereocenters. The topological polar surface area (TPSA) is 89.2 Å². The molecule has 2 heterocycles. The zero-order valence-corrected chi connectivity index (χ0v) is 11.9. The Kier molecular flexibility index (Phi) is 4.38. The predicted octanol–water partition coefficient (Wildman–Crippen LogP) is 1.00. The van der Waals surface area contributed by atoms with Crippen molar-refractivity contribution < 1.29 is 21.6 Å². The van der Waals surface area contributed by atoms with Crippen molar-refractivity contribution in [2.75, 3.05) is 23.7 Å². The third kappa shape index (κ3) is 4.53. The van der Waals surface area contributed by atoms with Gasteiger partial charge in [0.2, 0.25) is 16.0 Å². The Morgan fingerprint density at radius 3 is 2.19 bits per heavy atom. The number of aromatic nitrogens is 2. The van der Waals surface area contributed by atoms with Gasteiger partial charge in [0.25, 0.3) is 0 Å². The Bertz CT molecular complexity index is 580. The lowest BCUT2D eigenvalue weighted by molar-refractivity contribution is -0.138. The third-order valence-corrected chi connectivity index (χ3v) is 4.27. The molecule has 1 aliphatic heterocycles. The van der Waals surface area contributed by atoms with Crippen LogP contribution in [-0.2, 0) is 16.2 Å². The van der Waals surface area contributed by atoms with E-state index in [0.717, 1.165) is 12.4 Å². The van der Waals surface area contributed by atoms with E-state index in [9.17, 15) is 21.6 Å². The van der Waals surface area contributed by atoms with Gasteiger partial charge in [-0.1, -0.05) is 0 Å². The standard InChI is InChI=1S/C11H15F3N4O2S/c12-11(13,14)9-5-16-10(17-6-9)18-3-1-8(2-4-18)7-21(15,19)20/h5-6,8H,1-4,7H2,(H2,15,19,20). The molecule has 2 N–H and O–H groups in total. The Morgan fingerprint density at radius 1 is 1.24 bits per heavy atom.